The summed E-state index contributed by atoms with van der Waals surface area (Å²) in [6.45, 7) is 4.10. The molecule has 0 aliphatic heterocycles. The number of carbonyl (C=O) groups excluding carboxylic acids is 1. The maximum Gasteiger partial charge on any atom is 0.251 e. The predicted molar refractivity (Wildman–Crippen MR) is 118 cm³/mol. The Morgan fingerprint density at radius 1 is 1.10 bits per heavy atom. The lowest BCUT2D eigenvalue weighted by atomic mass is 10.0. The highest BCUT2D eigenvalue weighted by atomic mass is 16.3. The molecular weight excluding hydrogens is 378 g/mol. The Morgan fingerprint density at radius 2 is 1.90 bits per heavy atom. The quantitative estimate of drug-likeness (QED) is 0.470. The monoisotopic (exact) mass is 401 g/mol. The first kappa shape index (κ1) is 19.6. The van der Waals surface area contributed by atoms with E-state index in [0.29, 0.717) is 35.0 Å². The number of rotatable bonds is 5. The lowest BCUT2D eigenvalue weighted by molar-refractivity contribution is 0.0915. The molecule has 0 aliphatic rings. The lowest BCUT2D eigenvalue weighted by Crippen LogP contribution is -2.48. The average molecular weight is 401 g/mol. The number of pyridine rings is 1. The molecule has 0 aliphatic carbocycles. The second kappa shape index (κ2) is 7.61. The van der Waals surface area contributed by atoms with E-state index in [2.05, 4.69) is 15.3 Å². The second-order valence-corrected chi connectivity index (χ2v) is 7.77. The van der Waals surface area contributed by atoms with Crippen molar-refractivity contribution in [3.63, 3.8) is 0 Å². The third-order valence-electron chi connectivity index (χ3n) is 4.86. The number of nitrogens with two attached hydrogens (primary N) is 2. The first-order chi connectivity index (χ1) is 14.4. The molecule has 0 bridgehead atoms. The standard InChI is InChI=1S/C23H23N5O2/c1-23(2,13-24)28-21(29)15-7-5-6-14(10-15)16-11-17(20(25)26-12-16)22-27-18-8-3-4-9-19(18)30-22/h3-12H,13,24H2,1-2H3,(H2,25,26)(H,28,29). The van der Waals surface area contributed by atoms with Crippen molar-refractivity contribution >= 4 is 22.8 Å². The van der Waals surface area contributed by atoms with E-state index in [4.69, 9.17) is 15.9 Å². The van der Waals surface area contributed by atoms with Gasteiger partial charge in [0, 0.05) is 29.4 Å². The Balaban J connectivity index is 1.70. The Bertz CT molecular complexity index is 1200. The highest BCUT2D eigenvalue weighted by Gasteiger charge is 2.20. The number of nitrogens with one attached hydrogen (secondary N) is 1. The summed E-state index contributed by atoms with van der Waals surface area (Å²) in [5, 5.41) is 2.94. The van der Waals surface area contributed by atoms with Crippen molar-refractivity contribution in [1.82, 2.24) is 15.3 Å². The molecule has 1 amide bonds. The van der Waals surface area contributed by atoms with Crippen LogP contribution >= 0.6 is 0 Å². The van der Waals surface area contributed by atoms with Gasteiger partial charge in [0.2, 0.25) is 5.89 Å². The fourth-order valence-corrected chi connectivity index (χ4v) is 3.06. The molecule has 0 fully saturated rings. The number of hydrogen-bond donors (Lipinski definition) is 3. The van der Waals surface area contributed by atoms with Crippen LogP contribution in [0.4, 0.5) is 5.82 Å². The molecule has 0 spiro atoms. The van der Waals surface area contributed by atoms with Gasteiger partial charge in [-0.3, -0.25) is 4.79 Å². The van der Waals surface area contributed by atoms with Crippen molar-refractivity contribution in [2.75, 3.05) is 12.3 Å². The number of hydrogen-bond acceptors (Lipinski definition) is 6. The van der Waals surface area contributed by atoms with Crippen molar-refractivity contribution in [3.05, 3.63) is 66.4 Å². The van der Waals surface area contributed by atoms with Crippen LogP contribution in [0.2, 0.25) is 0 Å². The van der Waals surface area contributed by atoms with Gasteiger partial charge in [0.05, 0.1) is 5.56 Å². The molecule has 30 heavy (non-hydrogen) atoms. The number of nitrogens with zero attached hydrogens (tertiary/aromatic N) is 2. The molecule has 4 rings (SSSR count). The maximum absolute atomic E-state index is 12.6. The van der Waals surface area contributed by atoms with Gasteiger partial charge in [-0.25, -0.2) is 9.97 Å². The van der Waals surface area contributed by atoms with Crippen LogP contribution in [0, 0.1) is 0 Å². The Labute approximate surface area is 174 Å². The third kappa shape index (κ3) is 3.88. The van der Waals surface area contributed by atoms with Gasteiger partial charge in [-0.1, -0.05) is 24.3 Å². The summed E-state index contributed by atoms with van der Waals surface area (Å²) >= 11 is 0. The molecular formula is C23H23N5O2. The van der Waals surface area contributed by atoms with Gasteiger partial charge >= 0.3 is 0 Å². The molecule has 0 atom stereocenters. The number of anilines is 1. The SMILES string of the molecule is CC(C)(CN)NC(=O)c1cccc(-c2cnc(N)c(-c3nc4ccccc4o3)c2)c1. The average Bonchev–Trinajstić information content (AvgIpc) is 3.18. The van der Waals surface area contributed by atoms with E-state index in [-0.39, 0.29) is 5.91 Å². The van der Waals surface area contributed by atoms with E-state index >= 15 is 0 Å². The zero-order chi connectivity index (χ0) is 21.3. The zero-order valence-electron chi connectivity index (χ0n) is 16.8. The summed E-state index contributed by atoms with van der Waals surface area (Å²) in [5.74, 6) is 0.542. The third-order valence-corrected chi connectivity index (χ3v) is 4.86. The van der Waals surface area contributed by atoms with Crippen LogP contribution < -0.4 is 16.8 Å². The Kier molecular flexibility index (Phi) is 4.97. The summed E-state index contributed by atoms with van der Waals surface area (Å²) in [6, 6.07) is 16.7. The van der Waals surface area contributed by atoms with E-state index in [9.17, 15) is 4.79 Å². The van der Waals surface area contributed by atoms with Crippen molar-refractivity contribution in [1.29, 1.82) is 0 Å². The topological polar surface area (TPSA) is 120 Å². The number of amides is 1. The highest BCUT2D eigenvalue weighted by molar-refractivity contribution is 5.96. The molecule has 0 saturated carbocycles. The van der Waals surface area contributed by atoms with Crippen LogP contribution in [0.25, 0.3) is 33.7 Å². The summed E-state index contributed by atoms with van der Waals surface area (Å²) in [5.41, 5.74) is 15.5. The van der Waals surface area contributed by atoms with Crippen LogP contribution in [-0.4, -0.2) is 28.0 Å². The molecule has 0 saturated heterocycles. The van der Waals surface area contributed by atoms with Crippen molar-refractivity contribution in [2.24, 2.45) is 5.73 Å². The summed E-state index contributed by atoms with van der Waals surface area (Å²) < 4.78 is 5.85. The summed E-state index contributed by atoms with van der Waals surface area (Å²) in [6.07, 6.45) is 1.67. The number of nitrogen functional groups attached to an aromatic ring is 1. The normalized spacial score (nSPS) is 11.6. The van der Waals surface area contributed by atoms with Crippen molar-refractivity contribution < 1.29 is 9.21 Å². The van der Waals surface area contributed by atoms with Gasteiger partial charge in [-0.05, 0) is 49.7 Å². The fourth-order valence-electron chi connectivity index (χ4n) is 3.06. The lowest BCUT2D eigenvalue weighted by Gasteiger charge is -2.24. The van der Waals surface area contributed by atoms with Crippen LogP contribution in [0.3, 0.4) is 0 Å². The van der Waals surface area contributed by atoms with Gasteiger partial charge in [0.1, 0.15) is 11.3 Å². The minimum Gasteiger partial charge on any atom is -0.436 e. The minimum absolute atomic E-state index is 0.185. The van der Waals surface area contributed by atoms with Gasteiger partial charge in [0.25, 0.3) is 5.91 Å². The number of aromatic nitrogens is 2. The first-order valence-corrected chi connectivity index (χ1v) is 9.61. The first-order valence-electron chi connectivity index (χ1n) is 9.61. The molecule has 2 heterocycles. The van der Waals surface area contributed by atoms with E-state index in [0.717, 1.165) is 16.6 Å². The van der Waals surface area contributed by atoms with Crippen molar-refractivity contribution in [3.8, 4) is 22.6 Å². The molecule has 0 unspecified atom stereocenters. The zero-order valence-corrected chi connectivity index (χ0v) is 16.8. The molecule has 7 nitrogen and oxygen atoms in total. The van der Waals surface area contributed by atoms with Crippen LogP contribution in [-0.2, 0) is 0 Å². The summed E-state index contributed by atoms with van der Waals surface area (Å²) in [4.78, 5) is 21.4. The van der Waals surface area contributed by atoms with E-state index in [1.807, 2.05) is 62.4 Å². The molecule has 5 N–H and O–H groups in total. The molecule has 152 valence electrons. The van der Waals surface area contributed by atoms with Crippen molar-refractivity contribution in [2.45, 2.75) is 19.4 Å². The number of carbonyl (C=O) groups is 1. The van der Waals surface area contributed by atoms with E-state index in [1.54, 1.807) is 12.3 Å². The predicted octanol–water partition coefficient (Wildman–Crippen LogP) is 3.61. The Hall–Kier alpha value is -3.71. The molecule has 4 aromatic rings. The van der Waals surface area contributed by atoms with E-state index < -0.39 is 5.54 Å². The van der Waals surface area contributed by atoms with E-state index in [1.165, 1.54) is 0 Å². The molecule has 0 radical (unpaired) electrons. The Morgan fingerprint density at radius 3 is 2.67 bits per heavy atom. The number of para-hydroxylation sites is 2. The van der Waals surface area contributed by atoms with Crippen LogP contribution in [0.15, 0.2) is 65.2 Å². The minimum atomic E-state index is -0.490. The molecule has 2 aromatic carbocycles. The fraction of sp³-hybridized carbons (Fsp3) is 0.174. The smallest absolute Gasteiger partial charge is 0.251 e. The second-order valence-electron chi connectivity index (χ2n) is 7.77. The van der Waals surface area contributed by atoms with Gasteiger partial charge in [0.15, 0.2) is 5.58 Å². The van der Waals surface area contributed by atoms with Gasteiger partial charge in [-0.2, -0.15) is 0 Å². The number of benzene rings is 2. The maximum atomic E-state index is 12.6. The van der Waals surface area contributed by atoms with Crippen LogP contribution in [0.5, 0.6) is 0 Å². The van der Waals surface area contributed by atoms with Gasteiger partial charge in [-0.15, -0.1) is 0 Å². The van der Waals surface area contributed by atoms with Crippen LogP contribution in [0.1, 0.15) is 24.2 Å². The molecule has 7 heteroatoms. The highest BCUT2D eigenvalue weighted by Crippen LogP contribution is 2.31. The number of fused-ring (bicyclic) bond motifs is 1. The summed E-state index contributed by atoms with van der Waals surface area (Å²) in [7, 11) is 0. The largest absolute Gasteiger partial charge is 0.436 e. The molecule has 2 aromatic heterocycles. The van der Waals surface area contributed by atoms with Gasteiger partial charge < -0.3 is 21.2 Å². The number of oxazole rings is 1.